The van der Waals surface area contributed by atoms with Gasteiger partial charge in [0.1, 0.15) is 0 Å². The number of ether oxygens (including phenoxy) is 3. The lowest BCUT2D eigenvalue weighted by Crippen LogP contribution is -3.09. The minimum absolute atomic E-state index is 0.384. The first-order chi connectivity index (χ1) is 13.2. The molecule has 3 rings (SSSR count). The van der Waals surface area contributed by atoms with E-state index in [2.05, 4.69) is 5.10 Å². The van der Waals surface area contributed by atoms with Gasteiger partial charge in [-0.3, -0.25) is 0 Å². The highest BCUT2D eigenvalue weighted by atomic mass is 32.1. The van der Waals surface area contributed by atoms with Crippen molar-refractivity contribution in [3.63, 3.8) is 0 Å². The van der Waals surface area contributed by atoms with E-state index in [0.717, 1.165) is 25.3 Å². The van der Waals surface area contributed by atoms with Gasteiger partial charge in [0.05, 0.1) is 32.9 Å². The maximum Gasteiger partial charge on any atom is 0.292 e. The highest BCUT2D eigenvalue weighted by Gasteiger charge is 2.21. The van der Waals surface area contributed by atoms with Crippen molar-refractivity contribution >= 4 is 12.2 Å². The zero-order chi connectivity index (χ0) is 19.2. The van der Waals surface area contributed by atoms with E-state index in [4.69, 9.17) is 30.8 Å². The third-order valence-corrected chi connectivity index (χ3v) is 4.74. The lowest BCUT2D eigenvalue weighted by atomic mass is 10.2. The number of rotatable bonds is 9. The van der Waals surface area contributed by atoms with Crippen molar-refractivity contribution in [1.82, 2.24) is 9.78 Å². The second-order valence-electron chi connectivity index (χ2n) is 6.39. The Hall–Kier alpha value is -2.06. The lowest BCUT2D eigenvalue weighted by molar-refractivity contribution is -0.911. The molecule has 1 aliphatic heterocycles. The third-order valence-electron chi connectivity index (χ3n) is 4.45. The van der Waals surface area contributed by atoms with Gasteiger partial charge in [-0.25, -0.2) is 0 Å². The average Bonchev–Trinajstić information content (AvgIpc) is 3.28. The van der Waals surface area contributed by atoms with E-state index in [1.807, 2.05) is 32.9 Å². The van der Waals surface area contributed by atoms with Crippen LogP contribution in [0.3, 0.4) is 0 Å². The molecule has 0 radical (unpaired) electrons. The largest absolute Gasteiger partial charge is 0.490 e. The second-order valence-corrected chi connectivity index (χ2v) is 6.74. The number of benzene rings is 1. The van der Waals surface area contributed by atoms with Crippen molar-refractivity contribution in [2.75, 3.05) is 32.9 Å². The minimum Gasteiger partial charge on any atom is -0.490 e. The number of nitrogens with one attached hydrogen (secondary N) is 1. The Balaban J connectivity index is 1.96. The molecule has 1 fully saturated rings. The predicted molar refractivity (Wildman–Crippen MR) is 104 cm³/mol. The lowest BCUT2D eigenvalue weighted by Gasteiger charge is -2.16. The molecule has 1 aromatic heterocycles. The Labute approximate surface area is 164 Å². The average molecular weight is 395 g/mol. The maximum absolute atomic E-state index is 5.78. The van der Waals surface area contributed by atoms with Crippen molar-refractivity contribution < 1.29 is 23.5 Å². The van der Waals surface area contributed by atoms with E-state index in [0.29, 0.717) is 47.8 Å². The first-order valence-corrected chi connectivity index (χ1v) is 10.0. The molecule has 1 N–H and O–H groups in total. The number of nitrogens with zero attached hydrogens (tertiary/aromatic N) is 2. The normalized spacial score (nSPS) is 14.5. The van der Waals surface area contributed by atoms with E-state index in [9.17, 15) is 0 Å². The molecule has 1 aromatic carbocycles. The van der Waals surface area contributed by atoms with Gasteiger partial charge in [0.25, 0.3) is 4.84 Å². The van der Waals surface area contributed by atoms with Crippen LogP contribution in [0, 0.1) is 4.84 Å². The van der Waals surface area contributed by atoms with Crippen molar-refractivity contribution in [3.8, 4) is 28.7 Å². The van der Waals surface area contributed by atoms with E-state index >= 15 is 0 Å². The Kier molecular flexibility index (Phi) is 6.73. The van der Waals surface area contributed by atoms with Crippen LogP contribution in [-0.4, -0.2) is 42.7 Å². The number of aromatic nitrogens is 2. The molecule has 0 spiro atoms. The SMILES string of the molecule is CCOc1cc(-c2nn(C[NH+]3CCCC3)c(=S)o2)cc(OCC)c1OCC. The van der Waals surface area contributed by atoms with Gasteiger partial charge in [-0.05, 0) is 45.1 Å². The summed E-state index contributed by atoms with van der Waals surface area (Å²) in [6.45, 7) is 10.4. The summed E-state index contributed by atoms with van der Waals surface area (Å²) in [7, 11) is 0. The predicted octanol–water partition coefficient (Wildman–Crippen LogP) is 2.70. The fourth-order valence-electron chi connectivity index (χ4n) is 3.28. The molecule has 8 heteroatoms. The standard InChI is InChI=1S/C19H27N3O4S/c1-4-23-15-11-14(12-16(24-5-2)17(15)25-6-3)18-20-22(19(27)26-18)13-21-9-7-8-10-21/h11-12H,4-10,13H2,1-3H3/p+1. The van der Waals surface area contributed by atoms with Crippen LogP contribution in [0.4, 0.5) is 0 Å². The molecule has 148 valence electrons. The van der Waals surface area contributed by atoms with Crippen LogP contribution in [0.1, 0.15) is 33.6 Å². The summed E-state index contributed by atoms with van der Waals surface area (Å²) >= 11 is 5.38. The molecule has 27 heavy (non-hydrogen) atoms. The van der Waals surface area contributed by atoms with Crippen LogP contribution < -0.4 is 19.1 Å². The van der Waals surface area contributed by atoms with Crippen LogP contribution >= 0.6 is 12.2 Å². The summed E-state index contributed by atoms with van der Waals surface area (Å²) in [6, 6.07) is 3.73. The minimum atomic E-state index is 0.384. The van der Waals surface area contributed by atoms with E-state index in [-0.39, 0.29) is 0 Å². The Bertz CT molecular complexity index is 785. The first kappa shape index (κ1) is 19.7. The van der Waals surface area contributed by atoms with Crippen LogP contribution in [-0.2, 0) is 6.67 Å². The molecule has 1 saturated heterocycles. The highest BCUT2D eigenvalue weighted by molar-refractivity contribution is 7.71. The smallest absolute Gasteiger partial charge is 0.292 e. The van der Waals surface area contributed by atoms with Gasteiger partial charge in [-0.15, -0.1) is 5.10 Å². The van der Waals surface area contributed by atoms with E-state index in [1.165, 1.54) is 17.7 Å². The number of hydrogen-bond acceptors (Lipinski definition) is 6. The van der Waals surface area contributed by atoms with Gasteiger partial charge in [0.15, 0.2) is 18.2 Å². The second kappa shape index (κ2) is 9.23. The quantitative estimate of drug-likeness (QED) is 0.660. The molecule has 1 aliphatic rings. The molecule has 0 amide bonds. The van der Waals surface area contributed by atoms with Crippen molar-refractivity contribution in [2.24, 2.45) is 0 Å². The zero-order valence-electron chi connectivity index (χ0n) is 16.2. The highest BCUT2D eigenvalue weighted by Crippen LogP contribution is 2.41. The Morgan fingerprint density at radius 1 is 1.04 bits per heavy atom. The maximum atomic E-state index is 5.78. The summed E-state index contributed by atoms with van der Waals surface area (Å²) in [5.41, 5.74) is 0.756. The number of hydrogen-bond donors (Lipinski definition) is 1. The molecule has 2 aromatic rings. The molecule has 0 unspecified atom stereocenters. The topological polar surface area (TPSA) is 63.1 Å². The van der Waals surface area contributed by atoms with Crippen LogP contribution in [0.25, 0.3) is 11.5 Å². The van der Waals surface area contributed by atoms with Crippen LogP contribution in [0.2, 0.25) is 0 Å². The van der Waals surface area contributed by atoms with Gasteiger partial charge in [0.2, 0.25) is 11.6 Å². The van der Waals surface area contributed by atoms with Crippen molar-refractivity contribution in [2.45, 2.75) is 40.3 Å². The molecular formula is C19H28N3O4S+. The summed E-state index contributed by atoms with van der Waals surface area (Å²) in [6.07, 6.45) is 2.50. The zero-order valence-corrected chi connectivity index (χ0v) is 17.1. The Morgan fingerprint density at radius 2 is 1.63 bits per heavy atom. The van der Waals surface area contributed by atoms with Crippen LogP contribution in [0.15, 0.2) is 16.5 Å². The van der Waals surface area contributed by atoms with Crippen LogP contribution in [0.5, 0.6) is 17.2 Å². The number of quaternary nitrogens is 1. The molecule has 0 atom stereocenters. The third kappa shape index (κ3) is 4.62. The van der Waals surface area contributed by atoms with Gasteiger partial charge in [-0.2, -0.15) is 4.68 Å². The molecule has 2 heterocycles. The molecule has 7 nitrogen and oxygen atoms in total. The Morgan fingerprint density at radius 3 is 2.19 bits per heavy atom. The van der Waals surface area contributed by atoms with Crippen molar-refractivity contribution in [1.29, 1.82) is 0 Å². The molecule has 0 aliphatic carbocycles. The summed E-state index contributed by atoms with van der Waals surface area (Å²) < 4.78 is 24.8. The van der Waals surface area contributed by atoms with Gasteiger partial charge < -0.3 is 23.5 Å². The molecule has 0 saturated carbocycles. The summed E-state index contributed by atoms with van der Waals surface area (Å²) in [5, 5.41) is 4.59. The fraction of sp³-hybridized carbons (Fsp3) is 0.579. The number of likely N-dealkylation sites (tertiary alicyclic amines) is 1. The molecular weight excluding hydrogens is 366 g/mol. The van der Waals surface area contributed by atoms with Gasteiger partial charge >= 0.3 is 0 Å². The van der Waals surface area contributed by atoms with Crippen molar-refractivity contribution in [3.05, 3.63) is 17.0 Å². The van der Waals surface area contributed by atoms with E-state index < -0.39 is 0 Å². The summed E-state index contributed by atoms with van der Waals surface area (Å²) in [4.78, 5) is 1.86. The van der Waals surface area contributed by atoms with E-state index in [1.54, 1.807) is 4.68 Å². The summed E-state index contributed by atoms with van der Waals surface area (Å²) in [5.74, 6) is 2.29. The monoisotopic (exact) mass is 394 g/mol. The fourth-order valence-corrected chi connectivity index (χ4v) is 3.46. The molecule has 0 bridgehead atoms. The van der Waals surface area contributed by atoms with Gasteiger partial charge in [0, 0.05) is 18.4 Å². The van der Waals surface area contributed by atoms with Gasteiger partial charge in [-0.1, -0.05) is 0 Å². The first-order valence-electron chi connectivity index (χ1n) is 9.64.